The van der Waals surface area contributed by atoms with Gasteiger partial charge in [-0.3, -0.25) is 14.2 Å². The molecule has 1 atom stereocenters. The summed E-state index contributed by atoms with van der Waals surface area (Å²) in [7, 11) is 0. The Hall–Kier alpha value is -2.62. The van der Waals surface area contributed by atoms with Gasteiger partial charge in [0.25, 0.3) is 11.5 Å². The van der Waals surface area contributed by atoms with Gasteiger partial charge in [-0.05, 0) is 42.3 Å². The number of carbonyl (C=O) groups excluding carboxylic acids is 1. The van der Waals surface area contributed by atoms with Gasteiger partial charge in [0.15, 0.2) is 0 Å². The van der Waals surface area contributed by atoms with Crippen LogP contribution in [0.25, 0.3) is 10.2 Å². The molecule has 30 heavy (non-hydrogen) atoms. The zero-order chi connectivity index (χ0) is 20.8. The lowest BCUT2D eigenvalue weighted by molar-refractivity contribution is -0.133. The quantitative estimate of drug-likeness (QED) is 0.453. The molecule has 0 saturated carbocycles. The van der Waals surface area contributed by atoms with E-state index in [1.807, 2.05) is 48.9 Å². The van der Waals surface area contributed by atoms with Crippen LogP contribution in [0.4, 0.5) is 0 Å². The number of hydrogen-bond donors (Lipinski definition) is 0. The van der Waals surface area contributed by atoms with Crippen LogP contribution >= 0.6 is 34.0 Å². The molecular formula is C21H18N4O2S3. The van der Waals surface area contributed by atoms with Crippen LogP contribution in [0.2, 0.25) is 0 Å². The van der Waals surface area contributed by atoms with Gasteiger partial charge in [0.05, 0.1) is 28.3 Å². The van der Waals surface area contributed by atoms with Crippen LogP contribution in [0.5, 0.6) is 0 Å². The van der Waals surface area contributed by atoms with Crippen molar-refractivity contribution >= 4 is 55.8 Å². The molecule has 1 unspecified atom stereocenters. The highest BCUT2D eigenvalue weighted by atomic mass is 32.1. The highest BCUT2D eigenvalue weighted by Crippen LogP contribution is 2.36. The fraction of sp³-hybridized carbons (Fsp3) is 0.238. The minimum atomic E-state index is -0.215. The Morgan fingerprint density at radius 3 is 2.73 bits per heavy atom. The number of amides is 1. The van der Waals surface area contributed by atoms with Crippen molar-refractivity contribution in [2.45, 2.75) is 32.9 Å². The van der Waals surface area contributed by atoms with Crippen molar-refractivity contribution in [2.75, 3.05) is 0 Å². The van der Waals surface area contributed by atoms with E-state index in [0.29, 0.717) is 16.6 Å². The lowest BCUT2D eigenvalue weighted by atomic mass is 10.1. The summed E-state index contributed by atoms with van der Waals surface area (Å²) in [5.74, 6) is -0.215. The fourth-order valence-corrected chi connectivity index (χ4v) is 6.16. The first kappa shape index (κ1) is 19.3. The third kappa shape index (κ3) is 3.23. The van der Waals surface area contributed by atoms with Crippen LogP contribution in [-0.2, 0) is 11.3 Å². The van der Waals surface area contributed by atoms with E-state index in [0.717, 1.165) is 25.9 Å². The number of thiophene rings is 3. The Kier molecular flexibility index (Phi) is 4.88. The van der Waals surface area contributed by atoms with Crippen molar-refractivity contribution in [1.82, 2.24) is 14.6 Å². The van der Waals surface area contributed by atoms with Crippen molar-refractivity contribution in [3.63, 3.8) is 0 Å². The summed E-state index contributed by atoms with van der Waals surface area (Å²) < 4.78 is 1.40. The van der Waals surface area contributed by atoms with E-state index in [2.05, 4.69) is 10.1 Å². The molecule has 1 aliphatic rings. The monoisotopic (exact) mass is 454 g/mol. The van der Waals surface area contributed by atoms with E-state index >= 15 is 0 Å². The molecule has 1 amide bonds. The molecule has 1 aliphatic heterocycles. The van der Waals surface area contributed by atoms with Crippen LogP contribution in [0, 0.1) is 13.8 Å². The molecule has 0 spiro atoms. The molecule has 152 valence electrons. The standard InChI is InChI=1S/C21H18N4O2S3/c1-12-13(2)30-20-19(12)21(27)24(11-22-20)10-18(26)25-15(17-6-4-8-29-17)9-14(23-25)16-5-3-7-28-16/h3-8,11,15H,9-10H2,1-2H3. The van der Waals surface area contributed by atoms with Crippen LogP contribution in [0.3, 0.4) is 0 Å². The predicted molar refractivity (Wildman–Crippen MR) is 123 cm³/mol. The number of hydrogen-bond acceptors (Lipinski definition) is 7. The Balaban J connectivity index is 1.49. The molecule has 0 saturated heterocycles. The summed E-state index contributed by atoms with van der Waals surface area (Å²) in [4.78, 5) is 34.6. The SMILES string of the molecule is Cc1sc2ncn(CC(=O)N3N=C(c4cccs4)CC3c3cccs3)c(=O)c2c1C. The summed E-state index contributed by atoms with van der Waals surface area (Å²) in [6.45, 7) is 3.82. The van der Waals surface area contributed by atoms with Gasteiger partial charge in [-0.25, -0.2) is 9.99 Å². The van der Waals surface area contributed by atoms with Gasteiger partial charge in [-0.1, -0.05) is 12.1 Å². The van der Waals surface area contributed by atoms with E-state index in [-0.39, 0.29) is 24.1 Å². The molecule has 0 bridgehead atoms. The van der Waals surface area contributed by atoms with Crippen molar-refractivity contribution < 1.29 is 4.79 Å². The Bertz CT molecular complexity index is 1320. The summed E-state index contributed by atoms with van der Waals surface area (Å²) >= 11 is 4.73. The minimum absolute atomic E-state index is 0.0841. The van der Waals surface area contributed by atoms with E-state index in [4.69, 9.17) is 0 Å². The molecule has 4 aromatic rings. The number of carbonyl (C=O) groups is 1. The second kappa shape index (κ2) is 7.57. The number of aryl methyl sites for hydroxylation is 2. The van der Waals surface area contributed by atoms with Gasteiger partial charge in [0.2, 0.25) is 0 Å². The maximum Gasteiger partial charge on any atom is 0.263 e. The zero-order valence-corrected chi connectivity index (χ0v) is 18.8. The third-order valence-electron chi connectivity index (χ3n) is 5.30. The number of nitrogens with zero attached hydrogens (tertiary/aromatic N) is 4. The fourth-order valence-electron chi connectivity index (χ4n) is 3.64. The third-order valence-corrected chi connectivity index (χ3v) is 8.31. The number of aromatic nitrogens is 2. The first-order valence-electron chi connectivity index (χ1n) is 9.45. The van der Waals surface area contributed by atoms with Crippen molar-refractivity contribution in [2.24, 2.45) is 5.10 Å². The largest absolute Gasteiger partial charge is 0.289 e. The van der Waals surface area contributed by atoms with E-state index in [1.165, 1.54) is 22.2 Å². The summed E-state index contributed by atoms with van der Waals surface area (Å²) in [6.07, 6.45) is 2.14. The molecule has 0 N–H and O–H groups in total. The number of hydrazone groups is 1. The molecule has 0 radical (unpaired) electrons. The minimum Gasteiger partial charge on any atom is -0.289 e. The van der Waals surface area contributed by atoms with Gasteiger partial charge in [-0.15, -0.1) is 34.0 Å². The van der Waals surface area contributed by atoms with E-state index in [9.17, 15) is 9.59 Å². The molecule has 6 nitrogen and oxygen atoms in total. The molecule has 9 heteroatoms. The summed E-state index contributed by atoms with van der Waals surface area (Å²) in [5, 5.41) is 10.8. The van der Waals surface area contributed by atoms with Gasteiger partial charge in [-0.2, -0.15) is 5.10 Å². The second-order valence-electron chi connectivity index (χ2n) is 7.14. The Morgan fingerprint density at radius 1 is 1.20 bits per heavy atom. The lowest BCUT2D eigenvalue weighted by Crippen LogP contribution is -2.33. The summed E-state index contributed by atoms with van der Waals surface area (Å²) in [6, 6.07) is 7.87. The normalized spacial score (nSPS) is 16.4. The van der Waals surface area contributed by atoms with Gasteiger partial charge < -0.3 is 0 Å². The highest BCUT2D eigenvalue weighted by Gasteiger charge is 2.34. The first-order chi connectivity index (χ1) is 14.5. The molecule has 5 heterocycles. The van der Waals surface area contributed by atoms with Crippen LogP contribution in [-0.4, -0.2) is 26.2 Å². The van der Waals surface area contributed by atoms with Crippen LogP contribution < -0.4 is 5.56 Å². The predicted octanol–water partition coefficient (Wildman–Crippen LogP) is 4.58. The maximum atomic E-state index is 13.3. The van der Waals surface area contributed by atoms with E-state index < -0.39 is 0 Å². The molecular weight excluding hydrogens is 436 g/mol. The highest BCUT2D eigenvalue weighted by molar-refractivity contribution is 7.18. The molecule has 0 fully saturated rings. The second-order valence-corrected chi connectivity index (χ2v) is 10.3. The molecule has 5 rings (SSSR count). The van der Waals surface area contributed by atoms with Crippen LogP contribution in [0.15, 0.2) is 51.2 Å². The average Bonchev–Trinajstić information content (AvgIpc) is 3.51. The molecule has 4 aromatic heterocycles. The smallest absolute Gasteiger partial charge is 0.263 e. The number of fused-ring (bicyclic) bond motifs is 1. The van der Waals surface area contributed by atoms with Gasteiger partial charge in [0.1, 0.15) is 11.4 Å². The first-order valence-corrected chi connectivity index (χ1v) is 12.0. The maximum absolute atomic E-state index is 13.3. The van der Waals surface area contributed by atoms with E-state index in [1.54, 1.807) is 27.7 Å². The molecule has 0 aromatic carbocycles. The Morgan fingerprint density at radius 2 is 2.00 bits per heavy atom. The van der Waals surface area contributed by atoms with Gasteiger partial charge >= 0.3 is 0 Å². The van der Waals surface area contributed by atoms with Gasteiger partial charge in [0, 0.05) is 16.2 Å². The number of rotatable bonds is 4. The summed E-state index contributed by atoms with van der Waals surface area (Å²) in [5.41, 5.74) is 1.66. The van der Waals surface area contributed by atoms with Crippen molar-refractivity contribution in [3.8, 4) is 0 Å². The van der Waals surface area contributed by atoms with Crippen molar-refractivity contribution in [1.29, 1.82) is 0 Å². The zero-order valence-electron chi connectivity index (χ0n) is 16.4. The average molecular weight is 455 g/mol. The topological polar surface area (TPSA) is 67.6 Å². The molecule has 0 aliphatic carbocycles. The van der Waals surface area contributed by atoms with Crippen molar-refractivity contribution in [3.05, 3.63) is 71.9 Å². The van der Waals surface area contributed by atoms with Crippen LogP contribution in [0.1, 0.15) is 32.7 Å². The Labute approximate surface area is 184 Å². The lowest BCUT2D eigenvalue weighted by Gasteiger charge is -2.21.